The van der Waals surface area contributed by atoms with Crippen LogP contribution in [0.5, 0.6) is 11.5 Å². The van der Waals surface area contributed by atoms with Gasteiger partial charge in [0.25, 0.3) is 5.91 Å². The number of para-hydroxylation sites is 2. The van der Waals surface area contributed by atoms with Crippen LogP contribution in [-0.2, 0) is 16.1 Å². The molecule has 8 nitrogen and oxygen atoms in total. The Morgan fingerprint density at radius 1 is 1.00 bits per heavy atom. The Bertz CT molecular complexity index is 1340. The van der Waals surface area contributed by atoms with Crippen molar-refractivity contribution in [1.29, 1.82) is 0 Å². The number of benzene rings is 3. The molecule has 1 N–H and O–H groups in total. The molecule has 0 unspecified atom stereocenters. The van der Waals surface area contributed by atoms with Gasteiger partial charge < -0.3 is 19.5 Å². The fraction of sp³-hybridized carbons (Fsp3) is 0.160. The summed E-state index contributed by atoms with van der Waals surface area (Å²) in [5.41, 5.74) is 1.40. The first-order chi connectivity index (χ1) is 16.9. The van der Waals surface area contributed by atoms with Crippen LogP contribution < -0.4 is 14.8 Å². The van der Waals surface area contributed by atoms with Gasteiger partial charge in [-0.15, -0.1) is 0 Å². The number of methoxy groups -OCH3 is 1. The van der Waals surface area contributed by atoms with Crippen molar-refractivity contribution in [2.24, 2.45) is 0 Å². The molecule has 0 bridgehead atoms. The molecule has 0 atom stereocenters. The maximum atomic E-state index is 13.5. The Labute approximate surface area is 199 Å². The number of hydrogen-bond donors (Lipinski definition) is 1. The van der Waals surface area contributed by atoms with Gasteiger partial charge in [-0.05, 0) is 48.5 Å². The number of hydrogen-bond acceptors (Lipinski definition) is 6. The lowest BCUT2D eigenvalue weighted by Crippen LogP contribution is -2.20. The maximum Gasteiger partial charge on any atom is 0.338 e. The van der Waals surface area contributed by atoms with E-state index in [1.54, 1.807) is 42.5 Å². The van der Waals surface area contributed by atoms with Gasteiger partial charge in [0.05, 0.1) is 23.7 Å². The lowest BCUT2D eigenvalue weighted by Gasteiger charge is -2.10. The first-order valence-electron chi connectivity index (χ1n) is 10.5. The predicted molar refractivity (Wildman–Crippen MR) is 124 cm³/mol. The molecular weight excluding hydrogens is 460 g/mol. The van der Waals surface area contributed by atoms with Crippen molar-refractivity contribution < 1.29 is 32.6 Å². The number of aromatic nitrogens is 2. The molecular formula is C25H21F2N3O5. The summed E-state index contributed by atoms with van der Waals surface area (Å²) in [7, 11) is 1.53. The van der Waals surface area contributed by atoms with E-state index in [2.05, 4.69) is 10.3 Å². The number of nitrogens with one attached hydrogen (secondary N) is 1. The highest BCUT2D eigenvalue weighted by Gasteiger charge is 2.19. The number of alkyl halides is 2. The molecule has 0 aliphatic carbocycles. The highest BCUT2D eigenvalue weighted by molar-refractivity contribution is 5.92. The van der Waals surface area contributed by atoms with E-state index in [0.717, 1.165) is 4.57 Å². The van der Waals surface area contributed by atoms with Crippen molar-refractivity contribution in [3.63, 3.8) is 0 Å². The van der Waals surface area contributed by atoms with E-state index in [0.29, 0.717) is 22.7 Å². The van der Waals surface area contributed by atoms with Crippen LogP contribution in [0.4, 0.5) is 14.5 Å². The third-order valence-electron chi connectivity index (χ3n) is 5.01. The standard InChI is InChI=1S/C25H21F2N3O5/c1-33-19-6-4-5-17(13-19)28-23(31)15-34-18-11-9-16(10-12-18)24(32)35-14-22-29-20-7-2-3-8-21(20)30(22)25(26)27/h2-13,25H,14-15H2,1H3,(H,28,31). The molecule has 4 rings (SSSR count). The lowest BCUT2D eigenvalue weighted by atomic mass is 10.2. The number of imidazole rings is 1. The van der Waals surface area contributed by atoms with Gasteiger partial charge in [-0.2, -0.15) is 8.78 Å². The maximum absolute atomic E-state index is 13.5. The number of carbonyl (C=O) groups excluding carboxylic acids is 2. The molecule has 35 heavy (non-hydrogen) atoms. The zero-order chi connectivity index (χ0) is 24.8. The molecule has 4 aromatic rings. The van der Waals surface area contributed by atoms with Gasteiger partial charge in [0.1, 0.15) is 18.1 Å². The lowest BCUT2D eigenvalue weighted by molar-refractivity contribution is -0.118. The molecule has 1 amide bonds. The molecule has 0 aliphatic rings. The largest absolute Gasteiger partial charge is 0.497 e. The summed E-state index contributed by atoms with van der Waals surface area (Å²) in [5, 5.41) is 2.69. The summed E-state index contributed by atoms with van der Waals surface area (Å²) in [5.74, 6) is -0.167. The fourth-order valence-electron chi connectivity index (χ4n) is 3.36. The van der Waals surface area contributed by atoms with Gasteiger partial charge in [0, 0.05) is 11.8 Å². The molecule has 0 saturated heterocycles. The molecule has 0 aliphatic heterocycles. The van der Waals surface area contributed by atoms with Crippen LogP contribution in [0.25, 0.3) is 11.0 Å². The summed E-state index contributed by atoms with van der Waals surface area (Å²) < 4.78 is 43.5. The van der Waals surface area contributed by atoms with Crippen LogP contribution in [-0.4, -0.2) is 35.1 Å². The summed E-state index contributed by atoms with van der Waals surface area (Å²) in [6.07, 6.45) is 0. The van der Waals surface area contributed by atoms with E-state index in [1.807, 2.05) is 0 Å². The van der Waals surface area contributed by atoms with Crippen molar-refractivity contribution in [3.05, 3.63) is 84.2 Å². The van der Waals surface area contributed by atoms with E-state index < -0.39 is 19.1 Å². The van der Waals surface area contributed by atoms with E-state index in [1.165, 1.54) is 37.4 Å². The molecule has 0 spiro atoms. The Morgan fingerprint density at radius 2 is 1.77 bits per heavy atom. The number of anilines is 1. The minimum absolute atomic E-state index is 0.0587. The molecule has 1 heterocycles. The molecule has 3 aromatic carbocycles. The zero-order valence-corrected chi connectivity index (χ0v) is 18.6. The summed E-state index contributed by atoms with van der Waals surface area (Å²) in [4.78, 5) is 28.6. The number of fused-ring (bicyclic) bond motifs is 1. The van der Waals surface area contributed by atoms with Gasteiger partial charge in [-0.1, -0.05) is 18.2 Å². The Morgan fingerprint density at radius 3 is 2.51 bits per heavy atom. The second kappa shape index (κ2) is 10.6. The van der Waals surface area contributed by atoms with Crippen LogP contribution in [0, 0.1) is 0 Å². The van der Waals surface area contributed by atoms with E-state index in [-0.39, 0.29) is 29.4 Å². The highest BCUT2D eigenvalue weighted by Crippen LogP contribution is 2.24. The number of rotatable bonds is 9. The number of nitrogens with zero attached hydrogens (tertiary/aromatic N) is 2. The smallest absolute Gasteiger partial charge is 0.338 e. The van der Waals surface area contributed by atoms with Crippen LogP contribution in [0.15, 0.2) is 72.8 Å². The summed E-state index contributed by atoms with van der Waals surface area (Å²) >= 11 is 0. The van der Waals surface area contributed by atoms with Gasteiger partial charge in [-0.3, -0.25) is 9.36 Å². The second-order valence-corrected chi connectivity index (χ2v) is 7.33. The van der Waals surface area contributed by atoms with Crippen molar-refractivity contribution >= 4 is 28.6 Å². The second-order valence-electron chi connectivity index (χ2n) is 7.33. The Hall–Kier alpha value is -4.47. The average Bonchev–Trinajstić information content (AvgIpc) is 3.25. The van der Waals surface area contributed by atoms with Crippen LogP contribution in [0.1, 0.15) is 22.7 Å². The molecule has 0 radical (unpaired) electrons. The van der Waals surface area contributed by atoms with Crippen molar-refractivity contribution in [2.45, 2.75) is 13.2 Å². The Balaban J connectivity index is 1.31. The molecule has 10 heteroatoms. The van der Waals surface area contributed by atoms with Crippen LogP contribution in [0.2, 0.25) is 0 Å². The van der Waals surface area contributed by atoms with Gasteiger partial charge in [-0.25, -0.2) is 9.78 Å². The first-order valence-corrected chi connectivity index (χ1v) is 10.5. The van der Waals surface area contributed by atoms with Crippen molar-refractivity contribution in [3.8, 4) is 11.5 Å². The molecule has 180 valence electrons. The third-order valence-corrected chi connectivity index (χ3v) is 5.01. The van der Waals surface area contributed by atoms with E-state index in [4.69, 9.17) is 14.2 Å². The van der Waals surface area contributed by atoms with Crippen molar-refractivity contribution in [2.75, 3.05) is 19.0 Å². The quantitative estimate of drug-likeness (QED) is 0.345. The minimum Gasteiger partial charge on any atom is -0.497 e. The van der Waals surface area contributed by atoms with E-state index in [9.17, 15) is 18.4 Å². The van der Waals surface area contributed by atoms with Crippen LogP contribution in [0.3, 0.4) is 0 Å². The van der Waals surface area contributed by atoms with Gasteiger partial charge in [0.15, 0.2) is 12.4 Å². The summed E-state index contributed by atoms with van der Waals surface area (Å²) in [6, 6.07) is 19.3. The fourth-order valence-corrected chi connectivity index (χ4v) is 3.36. The van der Waals surface area contributed by atoms with Crippen LogP contribution >= 0.6 is 0 Å². The van der Waals surface area contributed by atoms with E-state index >= 15 is 0 Å². The molecule has 0 fully saturated rings. The van der Waals surface area contributed by atoms with Gasteiger partial charge in [0.2, 0.25) is 0 Å². The third kappa shape index (κ3) is 5.72. The monoisotopic (exact) mass is 481 g/mol. The molecule has 0 saturated carbocycles. The number of carbonyl (C=O) groups is 2. The molecule has 1 aromatic heterocycles. The SMILES string of the molecule is COc1cccc(NC(=O)COc2ccc(C(=O)OCc3nc4ccccc4n3C(F)F)cc2)c1. The summed E-state index contributed by atoms with van der Waals surface area (Å²) in [6.45, 7) is -3.49. The number of amides is 1. The predicted octanol–water partition coefficient (Wildman–Crippen LogP) is 4.81. The average molecular weight is 481 g/mol. The Kier molecular flexibility index (Phi) is 7.20. The number of ether oxygens (including phenoxy) is 3. The first kappa shape index (κ1) is 23.7. The highest BCUT2D eigenvalue weighted by atomic mass is 19.3. The number of esters is 1. The topological polar surface area (TPSA) is 91.7 Å². The zero-order valence-electron chi connectivity index (χ0n) is 18.6. The normalized spacial score (nSPS) is 10.9. The van der Waals surface area contributed by atoms with Gasteiger partial charge >= 0.3 is 12.5 Å². The number of halogens is 2. The van der Waals surface area contributed by atoms with Crippen molar-refractivity contribution in [1.82, 2.24) is 9.55 Å². The minimum atomic E-state index is -2.83.